The Kier molecular flexibility index (Phi) is 4.44. The highest BCUT2D eigenvalue weighted by Crippen LogP contribution is 2.34. The summed E-state index contributed by atoms with van der Waals surface area (Å²) < 4.78 is 0.919. The minimum absolute atomic E-state index is 0.167. The molecule has 1 fully saturated rings. The normalized spacial score (nSPS) is 23.9. The maximum absolute atomic E-state index is 12.5. The molecule has 1 aliphatic rings. The molecule has 3 heteroatoms. The topological polar surface area (TPSA) is 43.1 Å². The fraction of sp³-hybridized carbons (Fsp3) is 0.533. The SMILES string of the molecule is CCC1CCCC(C(=O)c2cc(Br)ccc2N)C1. The number of benzene rings is 1. The van der Waals surface area contributed by atoms with Crippen molar-refractivity contribution in [2.45, 2.75) is 39.0 Å². The zero-order chi connectivity index (χ0) is 13.1. The van der Waals surface area contributed by atoms with Gasteiger partial charge in [-0.3, -0.25) is 4.79 Å². The highest BCUT2D eigenvalue weighted by Gasteiger charge is 2.28. The van der Waals surface area contributed by atoms with Gasteiger partial charge in [-0.15, -0.1) is 0 Å². The van der Waals surface area contributed by atoms with E-state index in [9.17, 15) is 4.79 Å². The van der Waals surface area contributed by atoms with Crippen molar-refractivity contribution < 1.29 is 4.79 Å². The molecule has 98 valence electrons. The van der Waals surface area contributed by atoms with E-state index in [-0.39, 0.29) is 11.7 Å². The second kappa shape index (κ2) is 5.87. The van der Waals surface area contributed by atoms with Crippen LogP contribution in [0.15, 0.2) is 22.7 Å². The molecule has 0 spiro atoms. The number of rotatable bonds is 3. The number of hydrogen-bond donors (Lipinski definition) is 1. The van der Waals surface area contributed by atoms with Gasteiger partial charge in [-0.25, -0.2) is 0 Å². The third kappa shape index (κ3) is 2.94. The van der Waals surface area contributed by atoms with Gasteiger partial charge in [-0.2, -0.15) is 0 Å². The maximum atomic E-state index is 12.5. The first-order valence-corrected chi connectivity index (χ1v) is 7.50. The Hall–Kier alpha value is -0.830. The second-order valence-electron chi connectivity index (χ2n) is 5.23. The lowest BCUT2D eigenvalue weighted by Crippen LogP contribution is -2.23. The van der Waals surface area contributed by atoms with Gasteiger partial charge in [-0.05, 0) is 37.0 Å². The number of nitrogens with two attached hydrogens (primary N) is 1. The van der Waals surface area contributed by atoms with Gasteiger partial charge < -0.3 is 5.73 Å². The maximum Gasteiger partial charge on any atom is 0.168 e. The molecule has 2 nitrogen and oxygen atoms in total. The number of Topliss-reactive ketones (excluding diaryl/α,β-unsaturated/α-hetero) is 1. The van der Waals surface area contributed by atoms with Crippen LogP contribution in [0.4, 0.5) is 5.69 Å². The van der Waals surface area contributed by atoms with Crippen LogP contribution in [0.2, 0.25) is 0 Å². The first kappa shape index (κ1) is 13.6. The summed E-state index contributed by atoms with van der Waals surface area (Å²) in [4.78, 5) is 12.5. The monoisotopic (exact) mass is 309 g/mol. The Labute approximate surface area is 117 Å². The predicted molar refractivity (Wildman–Crippen MR) is 78.6 cm³/mol. The standard InChI is InChI=1S/C15H20BrNO/c1-2-10-4-3-5-11(8-10)15(18)13-9-12(16)6-7-14(13)17/h6-7,9-11H,2-5,8,17H2,1H3. The molecular weight excluding hydrogens is 290 g/mol. The third-order valence-corrected chi connectivity index (χ3v) is 4.51. The van der Waals surface area contributed by atoms with E-state index in [2.05, 4.69) is 22.9 Å². The zero-order valence-electron chi connectivity index (χ0n) is 10.8. The average molecular weight is 310 g/mol. The minimum atomic E-state index is 0.167. The number of carbonyl (C=O) groups excluding carboxylic acids is 1. The van der Waals surface area contributed by atoms with Gasteiger partial charge >= 0.3 is 0 Å². The molecule has 1 aromatic carbocycles. The number of halogens is 1. The van der Waals surface area contributed by atoms with E-state index in [0.717, 1.165) is 17.3 Å². The lowest BCUT2D eigenvalue weighted by atomic mass is 9.77. The van der Waals surface area contributed by atoms with Crippen molar-refractivity contribution in [2.24, 2.45) is 11.8 Å². The number of anilines is 1. The van der Waals surface area contributed by atoms with Crippen LogP contribution in [0, 0.1) is 11.8 Å². The molecule has 2 N–H and O–H groups in total. The van der Waals surface area contributed by atoms with E-state index in [1.807, 2.05) is 12.1 Å². The largest absolute Gasteiger partial charge is 0.398 e. The summed E-state index contributed by atoms with van der Waals surface area (Å²) in [6, 6.07) is 5.53. The molecule has 1 aromatic rings. The van der Waals surface area contributed by atoms with E-state index < -0.39 is 0 Å². The Morgan fingerprint density at radius 1 is 1.44 bits per heavy atom. The van der Waals surface area contributed by atoms with Crippen molar-refractivity contribution in [2.75, 3.05) is 5.73 Å². The smallest absolute Gasteiger partial charge is 0.168 e. The number of carbonyl (C=O) groups is 1. The molecular formula is C15H20BrNO. The lowest BCUT2D eigenvalue weighted by Gasteiger charge is -2.27. The first-order chi connectivity index (χ1) is 8.61. The Bertz CT molecular complexity index is 444. The van der Waals surface area contributed by atoms with Crippen molar-refractivity contribution in [1.82, 2.24) is 0 Å². The Morgan fingerprint density at radius 3 is 2.94 bits per heavy atom. The van der Waals surface area contributed by atoms with Crippen LogP contribution in [0.25, 0.3) is 0 Å². The molecule has 0 aliphatic heterocycles. The molecule has 2 unspecified atom stereocenters. The molecule has 2 rings (SSSR count). The summed E-state index contributed by atoms with van der Waals surface area (Å²) in [7, 11) is 0. The molecule has 0 radical (unpaired) electrons. The second-order valence-corrected chi connectivity index (χ2v) is 6.15. The zero-order valence-corrected chi connectivity index (χ0v) is 12.4. The van der Waals surface area contributed by atoms with Gasteiger partial charge in [0.25, 0.3) is 0 Å². The number of ketones is 1. The highest BCUT2D eigenvalue weighted by molar-refractivity contribution is 9.10. The van der Waals surface area contributed by atoms with Gasteiger partial charge in [0.2, 0.25) is 0 Å². The summed E-state index contributed by atoms with van der Waals surface area (Å²) in [6.45, 7) is 2.21. The van der Waals surface area contributed by atoms with Gasteiger partial charge in [-0.1, -0.05) is 42.1 Å². The number of hydrogen-bond acceptors (Lipinski definition) is 2. The Morgan fingerprint density at radius 2 is 2.22 bits per heavy atom. The number of nitrogen functional groups attached to an aromatic ring is 1. The van der Waals surface area contributed by atoms with Crippen LogP contribution in [-0.4, -0.2) is 5.78 Å². The van der Waals surface area contributed by atoms with Crippen molar-refractivity contribution in [3.63, 3.8) is 0 Å². The fourth-order valence-corrected chi connectivity index (χ4v) is 3.22. The summed E-state index contributed by atoms with van der Waals surface area (Å²) >= 11 is 3.41. The molecule has 0 aromatic heterocycles. The Balaban J connectivity index is 2.17. The fourth-order valence-electron chi connectivity index (χ4n) is 2.86. The molecule has 0 heterocycles. The van der Waals surface area contributed by atoms with E-state index in [4.69, 9.17) is 5.73 Å². The van der Waals surface area contributed by atoms with E-state index in [0.29, 0.717) is 17.2 Å². The molecule has 1 aliphatic carbocycles. The third-order valence-electron chi connectivity index (χ3n) is 4.01. The predicted octanol–water partition coefficient (Wildman–Crippen LogP) is 4.43. The van der Waals surface area contributed by atoms with Gasteiger partial charge in [0.15, 0.2) is 5.78 Å². The van der Waals surface area contributed by atoms with Crippen LogP contribution >= 0.6 is 15.9 Å². The molecule has 0 bridgehead atoms. The van der Waals surface area contributed by atoms with Crippen molar-refractivity contribution in [3.05, 3.63) is 28.2 Å². The average Bonchev–Trinajstić information content (AvgIpc) is 2.41. The quantitative estimate of drug-likeness (QED) is 0.663. The van der Waals surface area contributed by atoms with Gasteiger partial charge in [0, 0.05) is 21.6 Å². The van der Waals surface area contributed by atoms with E-state index >= 15 is 0 Å². The minimum Gasteiger partial charge on any atom is -0.398 e. The molecule has 0 amide bonds. The first-order valence-electron chi connectivity index (χ1n) is 6.71. The summed E-state index contributed by atoms with van der Waals surface area (Å²) in [5, 5.41) is 0. The van der Waals surface area contributed by atoms with Crippen LogP contribution in [0.3, 0.4) is 0 Å². The molecule has 18 heavy (non-hydrogen) atoms. The highest BCUT2D eigenvalue weighted by atomic mass is 79.9. The van der Waals surface area contributed by atoms with Crippen LogP contribution in [-0.2, 0) is 0 Å². The van der Waals surface area contributed by atoms with Crippen LogP contribution < -0.4 is 5.73 Å². The van der Waals surface area contributed by atoms with Crippen LogP contribution in [0.5, 0.6) is 0 Å². The van der Waals surface area contributed by atoms with Crippen molar-refractivity contribution in [1.29, 1.82) is 0 Å². The lowest BCUT2D eigenvalue weighted by molar-refractivity contribution is 0.0863. The van der Waals surface area contributed by atoms with E-state index in [1.54, 1.807) is 6.07 Å². The van der Waals surface area contributed by atoms with Gasteiger partial charge in [0.05, 0.1) is 0 Å². The van der Waals surface area contributed by atoms with Crippen molar-refractivity contribution >= 4 is 27.4 Å². The summed E-state index contributed by atoms with van der Waals surface area (Å²) in [5.74, 6) is 1.10. The molecule has 0 saturated heterocycles. The van der Waals surface area contributed by atoms with Gasteiger partial charge in [0.1, 0.15) is 0 Å². The molecule has 1 saturated carbocycles. The molecule has 2 atom stereocenters. The summed E-state index contributed by atoms with van der Waals surface area (Å²) in [5.41, 5.74) is 7.21. The van der Waals surface area contributed by atoms with Crippen LogP contribution in [0.1, 0.15) is 49.4 Å². The van der Waals surface area contributed by atoms with Crippen molar-refractivity contribution in [3.8, 4) is 0 Å². The summed E-state index contributed by atoms with van der Waals surface area (Å²) in [6.07, 6.45) is 5.66. The van der Waals surface area contributed by atoms with E-state index in [1.165, 1.54) is 19.3 Å².